The molecule has 0 unspecified atom stereocenters. The van der Waals surface area contributed by atoms with Crippen LogP contribution in [0.5, 0.6) is 5.75 Å². The standard InChI is InChI=1S/C22H26Cl2N2O3/c1-4-12-25-22(28)15(2)26(14-18-19(23)6-5-7-20(18)24)21(27)13-16-8-10-17(29-3)11-9-16/h5-11,15H,4,12-14H2,1-3H3,(H,25,28)/t15-/m1/s1. The van der Waals surface area contributed by atoms with E-state index in [1.54, 1.807) is 44.4 Å². The van der Waals surface area contributed by atoms with Crippen molar-refractivity contribution in [2.24, 2.45) is 0 Å². The van der Waals surface area contributed by atoms with E-state index in [1.807, 2.05) is 19.1 Å². The molecule has 2 amide bonds. The van der Waals surface area contributed by atoms with Crippen LogP contribution in [0.1, 0.15) is 31.4 Å². The highest BCUT2D eigenvalue weighted by atomic mass is 35.5. The quantitative estimate of drug-likeness (QED) is 0.629. The monoisotopic (exact) mass is 436 g/mol. The third-order valence-electron chi connectivity index (χ3n) is 4.62. The van der Waals surface area contributed by atoms with Gasteiger partial charge in [-0.05, 0) is 43.2 Å². The number of nitrogens with zero attached hydrogens (tertiary/aromatic N) is 1. The van der Waals surface area contributed by atoms with Crippen LogP contribution in [0.25, 0.3) is 0 Å². The number of amides is 2. The van der Waals surface area contributed by atoms with Crippen molar-refractivity contribution < 1.29 is 14.3 Å². The van der Waals surface area contributed by atoms with Crippen LogP contribution in [0.2, 0.25) is 10.0 Å². The normalized spacial score (nSPS) is 11.6. The number of carbonyl (C=O) groups excluding carboxylic acids is 2. The summed E-state index contributed by atoms with van der Waals surface area (Å²) in [5.41, 5.74) is 1.45. The highest BCUT2D eigenvalue weighted by Gasteiger charge is 2.27. The van der Waals surface area contributed by atoms with Crippen LogP contribution in [0.15, 0.2) is 42.5 Å². The average molecular weight is 437 g/mol. The summed E-state index contributed by atoms with van der Waals surface area (Å²) >= 11 is 12.6. The van der Waals surface area contributed by atoms with E-state index >= 15 is 0 Å². The molecule has 5 nitrogen and oxygen atoms in total. The number of nitrogens with one attached hydrogen (secondary N) is 1. The summed E-state index contributed by atoms with van der Waals surface area (Å²) in [6.45, 7) is 4.38. The Labute approximate surface area is 181 Å². The Morgan fingerprint density at radius 2 is 1.72 bits per heavy atom. The fourth-order valence-electron chi connectivity index (χ4n) is 2.85. The molecule has 0 saturated carbocycles. The largest absolute Gasteiger partial charge is 0.497 e. The second-order valence-electron chi connectivity index (χ2n) is 6.71. The van der Waals surface area contributed by atoms with E-state index in [4.69, 9.17) is 27.9 Å². The van der Waals surface area contributed by atoms with Gasteiger partial charge in [0.2, 0.25) is 11.8 Å². The first kappa shape index (κ1) is 23.0. The molecule has 7 heteroatoms. The lowest BCUT2D eigenvalue weighted by molar-refractivity contribution is -0.140. The van der Waals surface area contributed by atoms with E-state index in [0.717, 1.165) is 12.0 Å². The number of hydrogen-bond donors (Lipinski definition) is 1. The third-order valence-corrected chi connectivity index (χ3v) is 5.33. The number of hydrogen-bond acceptors (Lipinski definition) is 3. The van der Waals surface area contributed by atoms with Gasteiger partial charge in [-0.3, -0.25) is 9.59 Å². The van der Waals surface area contributed by atoms with Crippen LogP contribution in [0.3, 0.4) is 0 Å². The zero-order chi connectivity index (χ0) is 21.4. The number of rotatable bonds is 9. The summed E-state index contributed by atoms with van der Waals surface area (Å²) < 4.78 is 5.16. The highest BCUT2D eigenvalue weighted by Crippen LogP contribution is 2.27. The highest BCUT2D eigenvalue weighted by molar-refractivity contribution is 6.36. The topological polar surface area (TPSA) is 58.6 Å². The maximum atomic E-state index is 13.1. The molecule has 2 rings (SSSR count). The van der Waals surface area contributed by atoms with Crippen LogP contribution < -0.4 is 10.1 Å². The minimum Gasteiger partial charge on any atom is -0.497 e. The number of methoxy groups -OCH3 is 1. The maximum absolute atomic E-state index is 13.1. The van der Waals surface area contributed by atoms with Gasteiger partial charge in [-0.2, -0.15) is 0 Å². The Bertz CT molecular complexity index is 820. The number of carbonyl (C=O) groups is 2. The minimum absolute atomic E-state index is 0.147. The van der Waals surface area contributed by atoms with Gasteiger partial charge in [0.05, 0.1) is 13.5 Å². The third kappa shape index (κ3) is 6.38. The Kier molecular flexibility index (Phi) is 8.80. The van der Waals surface area contributed by atoms with Crippen molar-refractivity contribution in [3.05, 3.63) is 63.6 Å². The van der Waals surface area contributed by atoms with Crippen molar-refractivity contribution >= 4 is 35.0 Å². The summed E-state index contributed by atoms with van der Waals surface area (Å²) in [5.74, 6) is 0.316. The van der Waals surface area contributed by atoms with Gasteiger partial charge < -0.3 is 15.0 Å². The van der Waals surface area contributed by atoms with Gasteiger partial charge in [0, 0.05) is 28.7 Å². The van der Waals surface area contributed by atoms with Gasteiger partial charge in [0.25, 0.3) is 0 Å². The van der Waals surface area contributed by atoms with Crippen LogP contribution in [-0.4, -0.2) is 36.4 Å². The Morgan fingerprint density at radius 1 is 1.10 bits per heavy atom. The van der Waals surface area contributed by atoms with Gasteiger partial charge in [0.15, 0.2) is 0 Å². The molecular formula is C22H26Cl2N2O3. The molecule has 2 aromatic carbocycles. The van der Waals surface area contributed by atoms with Crippen molar-refractivity contribution in [3.63, 3.8) is 0 Å². The van der Waals surface area contributed by atoms with Crippen LogP contribution in [0, 0.1) is 0 Å². The van der Waals surface area contributed by atoms with Crippen molar-refractivity contribution in [1.29, 1.82) is 0 Å². The molecule has 1 N–H and O–H groups in total. The van der Waals surface area contributed by atoms with Crippen molar-refractivity contribution in [2.75, 3.05) is 13.7 Å². The van der Waals surface area contributed by atoms with Crippen molar-refractivity contribution in [1.82, 2.24) is 10.2 Å². The second-order valence-corrected chi connectivity index (χ2v) is 7.53. The van der Waals surface area contributed by atoms with E-state index in [2.05, 4.69) is 5.32 Å². The molecule has 0 radical (unpaired) electrons. The number of halogens is 2. The smallest absolute Gasteiger partial charge is 0.242 e. The van der Waals surface area contributed by atoms with E-state index in [0.29, 0.717) is 27.9 Å². The van der Waals surface area contributed by atoms with Crippen LogP contribution >= 0.6 is 23.2 Å². The zero-order valence-corrected chi connectivity index (χ0v) is 18.4. The zero-order valence-electron chi connectivity index (χ0n) is 16.9. The molecule has 0 aliphatic carbocycles. The molecule has 0 aliphatic rings. The lowest BCUT2D eigenvalue weighted by Crippen LogP contribution is -2.48. The number of benzene rings is 2. The number of ether oxygens (including phenoxy) is 1. The first-order valence-electron chi connectivity index (χ1n) is 9.50. The van der Waals surface area contributed by atoms with E-state index < -0.39 is 6.04 Å². The Morgan fingerprint density at radius 3 is 2.28 bits per heavy atom. The SMILES string of the molecule is CCCNC(=O)[C@@H](C)N(Cc1c(Cl)cccc1Cl)C(=O)Cc1ccc(OC)cc1. The average Bonchev–Trinajstić information content (AvgIpc) is 2.71. The molecule has 0 saturated heterocycles. The van der Waals surface area contributed by atoms with Gasteiger partial charge in [-0.25, -0.2) is 0 Å². The molecule has 1 atom stereocenters. The van der Waals surface area contributed by atoms with Crippen LogP contribution in [0.4, 0.5) is 0 Å². The summed E-state index contributed by atoms with van der Waals surface area (Å²) in [7, 11) is 1.59. The van der Waals surface area contributed by atoms with E-state index in [1.165, 1.54) is 4.90 Å². The molecule has 0 aromatic heterocycles. The first-order valence-corrected chi connectivity index (χ1v) is 10.3. The minimum atomic E-state index is -0.667. The summed E-state index contributed by atoms with van der Waals surface area (Å²) in [5, 5.41) is 3.76. The molecule has 0 bridgehead atoms. The van der Waals surface area contributed by atoms with Gasteiger partial charge >= 0.3 is 0 Å². The lowest BCUT2D eigenvalue weighted by Gasteiger charge is -2.29. The molecule has 29 heavy (non-hydrogen) atoms. The Balaban J connectivity index is 2.26. The van der Waals surface area contributed by atoms with E-state index in [9.17, 15) is 9.59 Å². The fraction of sp³-hybridized carbons (Fsp3) is 0.364. The van der Waals surface area contributed by atoms with Crippen LogP contribution in [-0.2, 0) is 22.6 Å². The summed E-state index contributed by atoms with van der Waals surface area (Å²) in [6, 6.07) is 11.8. The van der Waals surface area contributed by atoms with Gasteiger partial charge in [-0.1, -0.05) is 48.3 Å². The van der Waals surface area contributed by atoms with Gasteiger partial charge in [-0.15, -0.1) is 0 Å². The molecule has 0 aliphatic heterocycles. The van der Waals surface area contributed by atoms with E-state index in [-0.39, 0.29) is 24.8 Å². The molecule has 0 heterocycles. The summed E-state index contributed by atoms with van der Waals surface area (Å²) in [4.78, 5) is 27.2. The predicted molar refractivity (Wildman–Crippen MR) is 116 cm³/mol. The van der Waals surface area contributed by atoms with Crippen molar-refractivity contribution in [3.8, 4) is 5.75 Å². The Hall–Kier alpha value is -2.24. The van der Waals surface area contributed by atoms with Crippen molar-refractivity contribution in [2.45, 2.75) is 39.3 Å². The summed E-state index contributed by atoms with van der Waals surface area (Å²) in [6.07, 6.45) is 0.964. The molecular weight excluding hydrogens is 411 g/mol. The fourth-order valence-corrected chi connectivity index (χ4v) is 3.37. The molecule has 0 spiro atoms. The predicted octanol–water partition coefficient (Wildman–Crippen LogP) is 4.49. The first-order chi connectivity index (χ1) is 13.9. The lowest BCUT2D eigenvalue weighted by atomic mass is 10.1. The molecule has 0 fully saturated rings. The molecule has 2 aromatic rings. The maximum Gasteiger partial charge on any atom is 0.242 e. The second kappa shape index (κ2) is 11.1. The molecule has 156 valence electrons. The van der Waals surface area contributed by atoms with Gasteiger partial charge in [0.1, 0.15) is 11.8 Å².